The Morgan fingerprint density at radius 3 is 2.34 bits per heavy atom. The zero-order valence-electron chi connectivity index (χ0n) is 26.9. The summed E-state index contributed by atoms with van der Waals surface area (Å²) in [5, 5.41) is 7.75. The Morgan fingerprint density at radius 2 is 1.66 bits per heavy atom. The third-order valence-corrected chi connectivity index (χ3v) is 8.73. The number of ether oxygens (including phenoxy) is 3. The van der Waals surface area contributed by atoms with E-state index in [0.717, 1.165) is 5.39 Å². The standard InChI is InChI=1S/C33H41F2N5O7/c1-19(2)27-29(42)37-21(4)30(43)40-13-5-6-25(39-40)28(41)36-20(3)24-10-9-23-8-7-22(14-26(23)38-24)11-12-32(31(44)47-27)17-45-33(15-34,16-35)46-18-32/h7-12,14,19-21,25,27,39H,5-6,13,15-18H2,1-4H3,(H,36,41)(H,37,42). The Balaban J connectivity index is 1.54. The molecule has 4 unspecified atom stereocenters. The molecule has 14 heteroatoms. The van der Waals surface area contributed by atoms with Gasteiger partial charge in [-0.2, -0.15) is 0 Å². The predicted octanol–water partition coefficient (Wildman–Crippen LogP) is 2.68. The van der Waals surface area contributed by atoms with Crippen LogP contribution in [0.1, 0.15) is 57.8 Å². The fourth-order valence-electron chi connectivity index (χ4n) is 5.66. The van der Waals surface area contributed by atoms with Crippen LogP contribution in [-0.4, -0.2) is 90.8 Å². The highest BCUT2D eigenvalue weighted by molar-refractivity contribution is 5.92. The molecule has 1 aromatic heterocycles. The minimum atomic E-state index is -2.15. The van der Waals surface area contributed by atoms with Crippen molar-refractivity contribution in [3.8, 4) is 0 Å². The van der Waals surface area contributed by atoms with Crippen LogP contribution in [0.2, 0.25) is 0 Å². The number of cyclic esters (lactones) is 1. The molecule has 1 spiro atoms. The van der Waals surface area contributed by atoms with Crippen LogP contribution < -0.4 is 16.1 Å². The van der Waals surface area contributed by atoms with Crippen LogP contribution in [0.3, 0.4) is 0 Å². The second kappa shape index (κ2) is 14.0. The van der Waals surface area contributed by atoms with Crippen LogP contribution in [0.25, 0.3) is 17.0 Å². The minimum Gasteiger partial charge on any atom is -0.451 e. The molecular formula is C33H41F2N5O7. The number of pyridine rings is 1. The zero-order valence-corrected chi connectivity index (χ0v) is 26.9. The molecule has 12 nitrogen and oxygen atoms in total. The molecule has 1 aromatic carbocycles. The Labute approximate surface area is 271 Å². The van der Waals surface area contributed by atoms with Gasteiger partial charge in [-0.1, -0.05) is 44.2 Å². The van der Waals surface area contributed by atoms with Gasteiger partial charge in [-0.25, -0.2) is 14.2 Å². The van der Waals surface area contributed by atoms with E-state index in [4.69, 9.17) is 19.2 Å². The molecule has 0 aliphatic carbocycles. The second-order valence-corrected chi connectivity index (χ2v) is 12.8. The average molecular weight is 658 g/mol. The van der Waals surface area contributed by atoms with Crippen molar-refractivity contribution in [3.05, 3.63) is 47.7 Å². The van der Waals surface area contributed by atoms with Crippen molar-refractivity contribution in [2.75, 3.05) is 33.1 Å². The number of rotatable bonds is 3. The summed E-state index contributed by atoms with van der Waals surface area (Å²) in [6.45, 7) is 3.48. The zero-order chi connectivity index (χ0) is 33.9. The number of nitrogens with one attached hydrogen (secondary N) is 3. The number of alkyl halides is 2. The van der Waals surface area contributed by atoms with Crippen LogP contribution in [0.4, 0.5) is 8.78 Å². The summed E-state index contributed by atoms with van der Waals surface area (Å²) in [6, 6.07) is 6.98. The van der Waals surface area contributed by atoms with Crippen LogP contribution in [0.5, 0.6) is 0 Å². The molecule has 3 aliphatic heterocycles. The average Bonchev–Trinajstić information content (AvgIpc) is 3.08. The largest absolute Gasteiger partial charge is 0.451 e. The molecule has 2 aromatic rings. The lowest BCUT2D eigenvalue weighted by Crippen LogP contribution is -2.61. The summed E-state index contributed by atoms with van der Waals surface area (Å²) in [4.78, 5) is 58.7. The van der Waals surface area contributed by atoms with Gasteiger partial charge in [-0.3, -0.25) is 29.2 Å². The highest BCUT2D eigenvalue weighted by atomic mass is 19.1. The molecule has 5 bridgehead atoms. The van der Waals surface area contributed by atoms with Gasteiger partial charge in [-0.05, 0) is 50.3 Å². The number of hydrazine groups is 1. The van der Waals surface area contributed by atoms with E-state index in [1.807, 2.05) is 25.1 Å². The quantitative estimate of drug-likeness (QED) is 0.424. The molecule has 3 amide bonds. The molecule has 0 radical (unpaired) electrons. The summed E-state index contributed by atoms with van der Waals surface area (Å²) in [5.41, 5.74) is 3.19. The third kappa shape index (κ3) is 7.29. The van der Waals surface area contributed by atoms with E-state index >= 15 is 0 Å². The van der Waals surface area contributed by atoms with Gasteiger partial charge < -0.3 is 24.8 Å². The van der Waals surface area contributed by atoms with Gasteiger partial charge in [0, 0.05) is 11.9 Å². The van der Waals surface area contributed by atoms with E-state index in [-0.39, 0.29) is 5.91 Å². The van der Waals surface area contributed by atoms with Gasteiger partial charge in [0.15, 0.2) is 6.10 Å². The number of benzene rings is 1. The molecule has 2 saturated heterocycles. The maximum atomic E-state index is 13.9. The first kappa shape index (κ1) is 34.3. The van der Waals surface area contributed by atoms with Crippen LogP contribution in [0, 0.1) is 11.3 Å². The summed E-state index contributed by atoms with van der Waals surface area (Å²) in [7, 11) is 0. The summed E-state index contributed by atoms with van der Waals surface area (Å²) in [5.74, 6) is -5.06. The molecule has 254 valence electrons. The maximum absolute atomic E-state index is 13.9. The summed E-state index contributed by atoms with van der Waals surface area (Å²) < 4.78 is 44.1. The number of amides is 3. The van der Waals surface area contributed by atoms with E-state index in [0.29, 0.717) is 36.2 Å². The lowest BCUT2D eigenvalue weighted by molar-refractivity contribution is -0.305. The Hall–Kier alpha value is -4.01. The van der Waals surface area contributed by atoms with E-state index in [1.54, 1.807) is 32.1 Å². The van der Waals surface area contributed by atoms with E-state index in [2.05, 4.69) is 16.1 Å². The minimum absolute atomic E-state index is 0.297. The fraction of sp³-hybridized carbons (Fsp3) is 0.545. The molecule has 4 atom stereocenters. The Bertz CT molecular complexity index is 1540. The number of halogens is 2. The molecular weight excluding hydrogens is 616 g/mol. The second-order valence-electron chi connectivity index (χ2n) is 12.8. The monoisotopic (exact) mass is 657 g/mol. The van der Waals surface area contributed by atoms with Gasteiger partial charge >= 0.3 is 5.97 Å². The maximum Gasteiger partial charge on any atom is 0.321 e. The van der Waals surface area contributed by atoms with Crippen LogP contribution in [0.15, 0.2) is 36.4 Å². The van der Waals surface area contributed by atoms with Crippen LogP contribution in [-0.2, 0) is 33.4 Å². The first-order chi connectivity index (χ1) is 22.4. The van der Waals surface area contributed by atoms with Crippen molar-refractivity contribution < 1.29 is 42.2 Å². The van der Waals surface area contributed by atoms with Gasteiger partial charge in [0.1, 0.15) is 30.8 Å². The first-order valence-corrected chi connectivity index (χ1v) is 15.8. The molecule has 5 rings (SSSR count). The van der Waals surface area contributed by atoms with Crippen LogP contribution >= 0.6 is 0 Å². The van der Waals surface area contributed by atoms with Gasteiger partial charge in [0.05, 0.1) is 30.5 Å². The molecule has 3 aliphatic rings. The topological polar surface area (TPSA) is 148 Å². The molecule has 2 fully saturated rings. The van der Waals surface area contributed by atoms with Crippen molar-refractivity contribution in [1.29, 1.82) is 0 Å². The smallest absolute Gasteiger partial charge is 0.321 e. The van der Waals surface area contributed by atoms with E-state index < -0.39 is 85.7 Å². The summed E-state index contributed by atoms with van der Waals surface area (Å²) in [6.07, 6.45) is 2.83. The number of nitrogens with zero attached hydrogens (tertiary/aromatic N) is 2. The fourth-order valence-corrected chi connectivity index (χ4v) is 5.66. The number of carbonyl (C=O) groups is 4. The van der Waals surface area contributed by atoms with E-state index in [9.17, 15) is 28.0 Å². The van der Waals surface area contributed by atoms with Gasteiger partial charge in [0.2, 0.25) is 11.7 Å². The van der Waals surface area contributed by atoms with Crippen molar-refractivity contribution in [2.24, 2.45) is 11.3 Å². The normalized spacial score (nSPS) is 27.1. The Kier molecular flexibility index (Phi) is 10.2. The van der Waals surface area contributed by atoms with E-state index in [1.165, 1.54) is 18.0 Å². The Morgan fingerprint density at radius 1 is 0.979 bits per heavy atom. The lowest BCUT2D eigenvalue weighted by Gasteiger charge is -2.41. The summed E-state index contributed by atoms with van der Waals surface area (Å²) >= 11 is 0. The van der Waals surface area contributed by atoms with Crippen molar-refractivity contribution >= 4 is 40.7 Å². The number of carbonyl (C=O) groups excluding carboxylic acids is 4. The highest BCUT2D eigenvalue weighted by Crippen LogP contribution is 2.35. The molecule has 0 saturated carbocycles. The van der Waals surface area contributed by atoms with Crippen molar-refractivity contribution in [3.63, 3.8) is 0 Å². The molecule has 47 heavy (non-hydrogen) atoms. The number of fused-ring (bicyclic) bond motifs is 4. The first-order valence-electron chi connectivity index (χ1n) is 15.8. The third-order valence-electron chi connectivity index (χ3n) is 8.73. The predicted molar refractivity (Wildman–Crippen MR) is 167 cm³/mol. The number of hydrogen-bond donors (Lipinski definition) is 3. The van der Waals surface area contributed by atoms with Crippen molar-refractivity contribution in [2.45, 2.75) is 70.6 Å². The number of aromatic nitrogens is 1. The highest BCUT2D eigenvalue weighted by Gasteiger charge is 2.50. The molecule has 4 heterocycles. The molecule has 3 N–H and O–H groups in total. The lowest BCUT2D eigenvalue weighted by atomic mass is 9.87. The number of hydrogen-bond acceptors (Lipinski definition) is 9. The SMILES string of the molecule is CC1NC(=O)C(C(C)C)OC(=O)C2(C=Cc3ccc4ccc(nc4c3)C(C)NC(=O)C3CCCN(N3)C1=O)COC(CF)(CF)OC2. The van der Waals surface area contributed by atoms with Gasteiger partial charge in [0.25, 0.3) is 11.8 Å². The number of esters is 1. The van der Waals surface area contributed by atoms with Gasteiger partial charge in [-0.15, -0.1) is 0 Å². The van der Waals surface area contributed by atoms with Crippen molar-refractivity contribution in [1.82, 2.24) is 26.1 Å².